The van der Waals surface area contributed by atoms with Crippen molar-refractivity contribution in [2.45, 2.75) is 18.0 Å². The number of hydrogen-bond donors (Lipinski definition) is 0. The Balaban J connectivity index is 2.23. The van der Waals surface area contributed by atoms with Gasteiger partial charge in [0.05, 0.1) is 9.92 Å². The summed E-state index contributed by atoms with van der Waals surface area (Å²) < 4.78 is 63.4. The van der Waals surface area contributed by atoms with Crippen LogP contribution >= 0.6 is 11.6 Å². The van der Waals surface area contributed by atoms with E-state index < -0.39 is 21.8 Å². The van der Waals surface area contributed by atoms with E-state index in [2.05, 4.69) is 15.1 Å². The zero-order chi connectivity index (χ0) is 20.0. The lowest BCUT2D eigenvalue weighted by Crippen LogP contribution is -2.09. The van der Waals surface area contributed by atoms with Gasteiger partial charge in [0, 0.05) is 18.0 Å². The zero-order valence-electron chi connectivity index (χ0n) is 14.0. The van der Waals surface area contributed by atoms with Gasteiger partial charge in [0.25, 0.3) is 5.82 Å². The molecule has 3 aromatic rings. The third kappa shape index (κ3) is 3.96. The minimum atomic E-state index is -4.77. The fourth-order valence-electron chi connectivity index (χ4n) is 2.29. The van der Waals surface area contributed by atoms with Crippen LogP contribution in [0.15, 0.2) is 41.4 Å². The number of nitrogens with zero attached hydrogens (tertiary/aromatic N) is 4. The van der Waals surface area contributed by atoms with Crippen LogP contribution in [-0.2, 0) is 16.0 Å². The van der Waals surface area contributed by atoms with Gasteiger partial charge in [0.15, 0.2) is 21.5 Å². The van der Waals surface area contributed by atoms with Crippen LogP contribution < -0.4 is 0 Å². The van der Waals surface area contributed by atoms with Gasteiger partial charge in [-0.15, -0.1) is 5.10 Å². The summed E-state index contributed by atoms with van der Waals surface area (Å²) in [5.41, 5.74) is 1.01. The monoisotopic (exact) mass is 416 g/mol. The summed E-state index contributed by atoms with van der Waals surface area (Å²) >= 11 is 6.14. The molecule has 0 amide bonds. The van der Waals surface area contributed by atoms with Crippen LogP contribution in [0.4, 0.5) is 13.2 Å². The lowest BCUT2D eigenvalue weighted by molar-refractivity contribution is -0.144. The summed E-state index contributed by atoms with van der Waals surface area (Å²) in [6, 6.07) is 7.30. The van der Waals surface area contributed by atoms with Crippen molar-refractivity contribution in [3.8, 4) is 17.2 Å². The lowest BCUT2D eigenvalue weighted by atomic mass is 10.1. The molecule has 1 aromatic carbocycles. The van der Waals surface area contributed by atoms with E-state index in [0.29, 0.717) is 0 Å². The van der Waals surface area contributed by atoms with Crippen molar-refractivity contribution in [1.29, 1.82) is 0 Å². The Labute approximate surface area is 157 Å². The molecule has 0 saturated heterocycles. The standard InChI is InChI=1S/C16H12ClF3N4O2S/c1-9-3-5-12(17)11(7-9)14-22-15(16(18,19)20)23-24(14)13-6-4-10(8-21-13)27(2,25)26/h3-8H,1-2H3. The molecule has 0 bridgehead atoms. The van der Waals surface area contributed by atoms with Crippen molar-refractivity contribution < 1.29 is 21.6 Å². The highest BCUT2D eigenvalue weighted by atomic mass is 35.5. The second-order valence-corrected chi connectivity index (χ2v) is 8.20. The van der Waals surface area contributed by atoms with Gasteiger partial charge in [-0.05, 0) is 31.2 Å². The molecule has 2 heterocycles. The maximum Gasteiger partial charge on any atom is 0.453 e. The summed E-state index contributed by atoms with van der Waals surface area (Å²) in [6.07, 6.45) is -2.73. The van der Waals surface area contributed by atoms with Gasteiger partial charge in [-0.2, -0.15) is 17.9 Å². The van der Waals surface area contributed by atoms with Crippen molar-refractivity contribution in [2.75, 3.05) is 6.26 Å². The zero-order valence-corrected chi connectivity index (χ0v) is 15.6. The van der Waals surface area contributed by atoms with E-state index in [9.17, 15) is 21.6 Å². The highest BCUT2D eigenvalue weighted by Crippen LogP contribution is 2.33. The van der Waals surface area contributed by atoms with Gasteiger partial charge < -0.3 is 0 Å². The van der Waals surface area contributed by atoms with Crippen molar-refractivity contribution >= 4 is 21.4 Å². The van der Waals surface area contributed by atoms with Crippen LogP contribution in [0.5, 0.6) is 0 Å². The van der Waals surface area contributed by atoms with Crippen LogP contribution in [0.3, 0.4) is 0 Å². The number of alkyl halides is 3. The topological polar surface area (TPSA) is 77.7 Å². The lowest BCUT2D eigenvalue weighted by Gasteiger charge is -2.08. The molecular weight excluding hydrogens is 405 g/mol. The number of aromatic nitrogens is 4. The molecule has 0 spiro atoms. The normalized spacial score (nSPS) is 12.4. The van der Waals surface area contributed by atoms with Crippen LogP contribution in [0.25, 0.3) is 17.2 Å². The van der Waals surface area contributed by atoms with Crippen molar-refractivity contribution in [2.24, 2.45) is 0 Å². The maximum atomic E-state index is 13.1. The van der Waals surface area contributed by atoms with E-state index in [-0.39, 0.29) is 27.1 Å². The molecule has 0 fully saturated rings. The highest BCUT2D eigenvalue weighted by molar-refractivity contribution is 7.90. The molecule has 0 radical (unpaired) electrons. The molecule has 142 valence electrons. The number of sulfone groups is 1. The molecule has 11 heteroatoms. The Morgan fingerprint density at radius 3 is 2.41 bits per heavy atom. The Bertz CT molecular complexity index is 1110. The van der Waals surface area contributed by atoms with Crippen molar-refractivity contribution in [3.05, 3.63) is 52.9 Å². The summed E-state index contributed by atoms with van der Waals surface area (Å²) in [5.74, 6) is -1.54. The Morgan fingerprint density at radius 2 is 1.85 bits per heavy atom. The fraction of sp³-hybridized carbons (Fsp3) is 0.188. The van der Waals surface area contributed by atoms with Gasteiger partial charge in [-0.1, -0.05) is 23.2 Å². The molecule has 0 atom stereocenters. The largest absolute Gasteiger partial charge is 0.453 e. The molecule has 0 aliphatic heterocycles. The quantitative estimate of drug-likeness (QED) is 0.650. The minimum absolute atomic E-state index is 0.0297. The van der Waals surface area contributed by atoms with E-state index in [4.69, 9.17) is 11.6 Å². The SMILES string of the molecule is Cc1ccc(Cl)c(-c2nc(C(F)(F)F)nn2-c2ccc(S(C)(=O)=O)cn2)c1. The first kappa shape index (κ1) is 19.3. The third-order valence-corrected chi connectivity index (χ3v) is 5.02. The molecule has 0 unspecified atom stereocenters. The molecule has 3 rings (SSSR count). The van der Waals surface area contributed by atoms with Crippen LogP contribution in [-0.4, -0.2) is 34.4 Å². The van der Waals surface area contributed by atoms with Crippen LogP contribution in [0.2, 0.25) is 5.02 Å². The molecular formula is C16H12ClF3N4O2S. The Morgan fingerprint density at radius 1 is 1.15 bits per heavy atom. The number of pyridine rings is 1. The van der Waals surface area contributed by atoms with Gasteiger partial charge in [-0.25, -0.2) is 18.4 Å². The second kappa shape index (κ2) is 6.61. The first-order chi connectivity index (χ1) is 12.5. The van der Waals surface area contributed by atoms with E-state index in [0.717, 1.165) is 22.7 Å². The van der Waals surface area contributed by atoms with Crippen molar-refractivity contribution in [3.63, 3.8) is 0 Å². The molecule has 0 N–H and O–H groups in total. The molecule has 6 nitrogen and oxygen atoms in total. The third-order valence-electron chi connectivity index (χ3n) is 3.59. The maximum absolute atomic E-state index is 13.1. The fourth-order valence-corrected chi connectivity index (χ4v) is 3.06. The Hall–Kier alpha value is -2.46. The Kier molecular flexibility index (Phi) is 4.73. The average molecular weight is 417 g/mol. The molecule has 27 heavy (non-hydrogen) atoms. The van der Waals surface area contributed by atoms with E-state index in [1.807, 2.05) is 0 Å². The predicted molar refractivity (Wildman–Crippen MR) is 92.4 cm³/mol. The average Bonchev–Trinajstić information content (AvgIpc) is 3.02. The highest BCUT2D eigenvalue weighted by Gasteiger charge is 2.38. The van der Waals surface area contributed by atoms with Crippen LogP contribution in [0, 0.1) is 6.92 Å². The van der Waals surface area contributed by atoms with E-state index >= 15 is 0 Å². The van der Waals surface area contributed by atoms with Crippen molar-refractivity contribution in [1.82, 2.24) is 19.7 Å². The summed E-state index contributed by atoms with van der Waals surface area (Å²) in [5, 5.41) is 3.69. The number of aryl methyl sites for hydroxylation is 1. The van der Waals surface area contributed by atoms with Gasteiger partial charge >= 0.3 is 6.18 Å². The number of halogens is 4. The molecule has 0 aliphatic carbocycles. The summed E-state index contributed by atoms with van der Waals surface area (Å²) in [6.45, 7) is 1.75. The van der Waals surface area contributed by atoms with Gasteiger partial charge in [0.2, 0.25) is 0 Å². The molecule has 0 saturated carbocycles. The number of hydrogen-bond acceptors (Lipinski definition) is 5. The first-order valence-electron chi connectivity index (χ1n) is 7.44. The predicted octanol–water partition coefficient (Wildman–Crippen LogP) is 3.71. The second-order valence-electron chi connectivity index (χ2n) is 5.78. The smallest absolute Gasteiger partial charge is 0.236 e. The van der Waals surface area contributed by atoms with E-state index in [1.54, 1.807) is 25.1 Å². The minimum Gasteiger partial charge on any atom is -0.236 e. The van der Waals surface area contributed by atoms with E-state index in [1.165, 1.54) is 12.1 Å². The summed E-state index contributed by atoms with van der Waals surface area (Å²) in [4.78, 5) is 7.43. The summed E-state index contributed by atoms with van der Waals surface area (Å²) in [7, 11) is -3.50. The number of rotatable bonds is 3. The molecule has 0 aliphatic rings. The van der Waals surface area contributed by atoms with Gasteiger partial charge in [-0.3, -0.25) is 0 Å². The number of benzene rings is 1. The molecule has 2 aromatic heterocycles. The van der Waals surface area contributed by atoms with Crippen LogP contribution in [0.1, 0.15) is 11.4 Å². The van der Waals surface area contributed by atoms with Gasteiger partial charge in [0.1, 0.15) is 0 Å². The first-order valence-corrected chi connectivity index (χ1v) is 9.71.